The summed E-state index contributed by atoms with van der Waals surface area (Å²) in [5, 5.41) is 0.676. The molecular weight excluding hydrogens is 286 g/mol. The summed E-state index contributed by atoms with van der Waals surface area (Å²) in [6.45, 7) is 2.37. The van der Waals surface area contributed by atoms with E-state index in [0.717, 1.165) is 37.8 Å². The number of amides is 1. The molecule has 0 saturated carbocycles. The molecule has 1 aliphatic heterocycles. The van der Waals surface area contributed by atoms with Crippen molar-refractivity contribution < 1.29 is 9.59 Å². The van der Waals surface area contributed by atoms with Crippen LogP contribution in [0.25, 0.3) is 0 Å². The molecule has 1 saturated heterocycles. The lowest BCUT2D eigenvalue weighted by molar-refractivity contribution is -0.133. The maximum Gasteiger partial charge on any atom is 0.227 e. The number of carbonyl (C=O) groups is 2. The SMILES string of the molecule is CC(=O)CC1CCCCCN1C(=O)Cc1ccc(Cl)cc1. The topological polar surface area (TPSA) is 37.4 Å². The molecule has 1 heterocycles. The molecule has 1 fully saturated rings. The summed E-state index contributed by atoms with van der Waals surface area (Å²) in [5.41, 5.74) is 0.968. The van der Waals surface area contributed by atoms with E-state index in [-0.39, 0.29) is 17.7 Å². The van der Waals surface area contributed by atoms with Gasteiger partial charge in [0, 0.05) is 24.0 Å². The van der Waals surface area contributed by atoms with Crippen LogP contribution < -0.4 is 0 Å². The predicted octanol–water partition coefficient (Wildman–Crippen LogP) is 3.63. The number of halogens is 1. The van der Waals surface area contributed by atoms with E-state index in [0.29, 0.717) is 17.9 Å². The van der Waals surface area contributed by atoms with Crippen molar-refractivity contribution in [2.24, 2.45) is 0 Å². The molecule has 1 unspecified atom stereocenters. The van der Waals surface area contributed by atoms with Gasteiger partial charge in [-0.2, -0.15) is 0 Å². The van der Waals surface area contributed by atoms with Crippen LogP contribution in [0.3, 0.4) is 0 Å². The van der Waals surface area contributed by atoms with Crippen LogP contribution in [0.5, 0.6) is 0 Å². The Bertz CT molecular complexity index is 498. The van der Waals surface area contributed by atoms with Gasteiger partial charge in [-0.25, -0.2) is 0 Å². The van der Waals surface area contributed by atoms with Crippen LogP contribution in [0.1, 0.15) is 44.6 Å². The number of benzene rings is 1. The highest BCUT2D eigenvalue weighted by Gasteiger charge is 2.26. The van der Waals surface area contributed by atoms with Gasteiger partial charge in [0.05, 0.1) is 6.42 Å². The average molecular weight is 308 g/mol. The van der Waals surface area contributed by atoms with E-state index in [1.54, 1.807) is 19.1 Å². The van der Waals surface area contributed by atoms with Crippen LogP contribution >= 0.6 is 11.6 Å². The van der Waals surface area contributed by atoms with E-state index in [4.69, 9.17) is 11.6 Å². The molecule has 0 N–H and O–H groups in total. The molecule has 3 nitrogen and oxygen atoms in total. The van der Waals surface area contributed by atoms with Gasteiger partial charge in [0.15, 0.2) is 0 Å². The first kappa shape index (κ1) is 16.0. The molecule has 0 aliphatic carbocycles. The molecule has 1 aromatic carbocycles. The second-order valence-electron chi connectivity index (χ2n) is 5.80. The Kier molecular flexibility index (Phi) is 5.80. The summed E-state index contributed by atoms with van der Waals surface area (Å²) in [5.74, 6) is 0.275. The van der Waals surface area contributed by atoms with E-state index in [1.165, 1.54) is 0 Å². The fourth-order valence-electron chi connectivity index (χ4n) is 2.93. The smallest absolute Gasteiger partial charge is 0.227 e. The molecule has 0 spiro atoms. The number of carbonyl (C=O) groups excluding carboxylic acids is 2. The predicted molar refractivity (Wildman–Crippen MR) is 84.4 cm³/mol. The number of Topliss-reactive ketones (excluding diaryl/α,β-unsaturated/α-hetero) is 1. The lowest BCUT2D eigenvalue weighted by atomic mass is 10.0. The van der Waals surface area contributed by atoms with Gasteiger partial charge >= 0.3 is 0 Å². The minimum atomic E-state index is 0.0739. The highest BCUT2D eigenvalue weighted by Crippen LogP contribution is 2.21. The van der Waals surface area contributed by atoms with E-state index < -0.39 is 0 Å². The van der Waals surface area contributed by atoms with E-state index >= 15 is 0 Å². The van der Waals surface area contributed by atoms with Crippen molar-refractivity contribution in [3.05, 3.63) is 34.9 Å². The summed E-state index contributed by atoms with van der Waals surface area (Å²) in [4.78, 5) is 25.9. The maximum atomic E-state index is 12.6. The molecule has 1 amide bonds. The zero-order valence-corrected chi connectivity index (χ0v) is 13.2. The van der Waals surface area contributed by atoms with Crippen LogP contribution in [0.4, 0.5) is 0 Å². The number of hydrogen-bond acceptors (Lipinski definition) is 2. The van der Waals surface area contributed by atoms with Gasteiger partial charge in [-0.05, 0) is 37.5 Å². The fourth-order valence-corrected chi connectivity index (χ4v) is 3.05. The summed E-state index contributed by atoms with van der Waals surface area (Å²) in [7, 11) is 0. The highest BCUT2D eigenvalue weighted by molar-refractivity contribution is 6.30. The average Bonchev–Trinajstić information content (AvgIpc) is 2.66. The minimum absolute atomic E-state index is 0.0739. The summed E-state index contributed by atoms with van der Waals surface area (Å²) in [6.07, 6.45) is 5.06. The van der Waals surface area contributed by atoms with Crippen molar-refractivity contribution in [1.82, 2.24) is 4.90 Å². The Morgan fingerprint density at radius 2 is 1.90 bits per heavy atom. The van der Waals surface area contributed by atoms with Crippen LogP contribution in [0.15, 0.2) is 24.3 Å². The molecule has 1 aromatic rings. The molecule has 21 heavy (non-hydrogen) atoms. The van der Waals surface area contributed by atoms with Crippen LogP contribution in [-0.2, 0) is 16.0 Å². The maximum absolute atomic E-state index is 12.6. The number of rotatable bonds is 4. The first-order chi connectivity index (χ1) is 10.1. The van der Waals surface area contributed by atoms with Crippen molar-refractivity contribution in [1.29, 1.82) is 0 Å². The quantitative estimate of drug-likeness (QED) is 0.851. The second kappa shape index (κ2) is 7.60. The third-order valence-corrected chi connectivity index (χ3v) is 4.24. The zero-order chi connectivity index (χ0) is 15.2. The molecule has 114 valence electrons. The third kappa shape index (κ3) is 4.85. The van der Waals surface area contributed by atoms with Gasteiger partial charge in [0.2, 0.25) is 5.91 Å². The highest BCUT2D eigenvalue weighted by atomic mass is 35.5. The fraction of sp³-hybridized carbons (Fsp3) is 0.529. The van der Waals surface area contributed by atoms with Crippen molar-refractivity contribution >= 4 is 23.3 Å². The Balaban J connectivity index is 2.06. The molecular formula is C17H22ClNO2. The largest absolute Gasteiger partial charge is 0.339 e. The Labute approximate surface area is 131 Å². The molecule has 4 heteroatoms. The molecule has 0 bridgehead atoms. The lowest BCUT2D eigenvalue weighted by Gasteiger charge is -2.29. The number of nitrogens with zero attached hydrogens (tertiary/aromatic N) is 1. The van der Waals surface area contributed by atoms with Crippen molar-refractivity contribution in [3.63, 3.8) is 0 Å². The minimum Gasteiger partial charge on any atom is -0.339 e. The standard InChI is InChI=1S/C17H22ClNO2/c1-13(20)11-16-5-3-2-4-10-19(16)17(21)12-14-6-8-15(18)9-7-14/h6-9,16H,2-5,10-12H2,1H3. The Hall–Kier alpha value is -1.35. The lowest BCUT2D eigenvalue weighted by Crippen LogP contribution is -2.41. The summed E-state index contributed by atoms with van der Waals surface area (Å²) in [6, 6.07) is 7.46. The van der Waals surface area contributed by atoms with Gasteiger partial charge in [0.25, 0.3) is 0 Å². The molecule has 0 radical (unpaired) electrons. The molecule has 2 rings (SSSR count). The number of hydrogen-bond donors (Lipinski definition) is 0. The third-order valence-electron chi connectivity index (χ3n) is 3.99. The van der Waals surface area contributed by atoms with Gasteiger partial charge in [-0.15, -0.1) is 0 Å². The van der Waals surface area contributed by atoms with Crippen molar-refractivity contribution in [2.75, 3.05) is 6.54 Å². The van der Waals surface area contributed by atoms with E-state index in [1.807, 2.05) is 17.0 Å². The summed E-state index contributed by atoms with van der Waals surface area (Å²) >= 11 is 5.87. The Morgan fingerprint density at radius 3 is 2.57 bits per heavy atom. The summed E-state index contributed by atoms with van der Waals surface area (Å²) < 4.78 is 0. The van der Waals surface area contributed by atoms with Gasteiger partial charge in [-0.3, -0.25) is 9.59 Å². The molecule has 1 aliphatic rings. The first-order valence-electron chi connectivity index (χ1n) is 7.59. The normalized spacial score (nSPS) is 19.1. The van der Waals surface area contributed by atoms with Crippen LogP contribution in [0.2, 0.25) is 5.02 Å². The number of ketones is 1. The van der Waals surface area contributed by atoms with Crippen molar-refractivity contribution in [3.8, 4) is 0 Å². The van der Waals surface area contributed by atoms with E-state index in [2.05, 4.69) is 0 Å². The zero-order valence-electron chi connectivity index (χ0n) is 12.5. The number of likely N-dealkylation sites (tertiary alicyclic amines) is 1. The Morgan fingerprint density at radius 1 is 1.19 bits per heavy atom. The monoisotopic (exact) mass is 307 g/mol. The first-order valence-corrected chi connectivity index (χ1v) is 7.97. The molecule has 0 aromatic heterocycles. The van der Waals surface area contributed by atoms with Gasteiger partial charge in [-0.1, -0.05) is 36.6 Å². The van der Waals surface area contributed by atoms with Crippen LogP contribution in [-0.4, -0.2) is 29.2 Å². The second-order valence-corrected chi connectivity index (χ2v) is 6.24. The molecule has 1 atom stereocenters. The van der Waals surface area contributed by atoms with Gasteiger partial charge in [0.1, 0.15) is 5.78 Å². The van der Waals surface area contributed by atoms with Gasteiger partial charge < -0.3 is 4.90 Å². The van der Waals surface area contributed by atoms with E-state index in [9.17, 15) is 9.59 Å². The van der Waals surface area contributed by atoms with Crippen LogP contribution in [0, 0.1) is 0 Å². The van der Waals surface area contributed by atoms with Crippen molar-refractivity contribution in [2.45, 2.75) is 51.5 Å².